The van der Waals surface area contributed by atoms with E-state index in [1.807, 2.05) is 19.2 Å². The molecule has 1 N–H and O–H groups in total. The number of rotatable bonds is 27. The van der Waals surface area contributed by atoms with E-state index in [1.54, 1.807) is 13.1 Å². The second-order valence-corrected chi connectivity index (χ2v) is 12.1. The highest BCUT2D eigenvalue weighted by atomic mass is 16.6. The first-order valence-corrected chi connectivity index (χ1v) is 17.3. The number of pyridine rings is 2. The van der Waals surface area contributed by atoms with Crippen molar-refractivity contribution in [2.75, 3.05) is 91.5 Å². The average molecular weight is 657 g/mol. The Kier molecular flexibility index (Phi) is 19.1. The Labute approximate surface area is 281 Å². The van der Waals surface area contributed by atoms with Gasteiger partial charge in [0.1, 0.15) is 29.7 Å². The first kappa shape index (κ1) is 38.5. The molecule has 11 heteroatoms. The van der Waals surface area contributed by atoms with Crippen LogP contribution in [-0.4, -0.2) is 113 Å². The number of unbranched alkanes of at least 4 members (excludes halogenated alkanes) is 1. The Balaban J connectivity index is 1.29. The second-order valence-electron chi connectivity index (χ2n) is 12.1. The number of ketones is 2. The number of ether oxygens (including phenoxy) is 5. The number of carbonyl (C=O) groups is 2. The van der Waals surface area contributed by atoms with Gasteiger partial charge in [-0.2, -0.15) is 0 Å². The number of anilines is 1. The highest BCUT2D eigenvalue weighted by molar-refractivity contribution is 5.79. The van der Waals surface area contributed by atoms with E-state index in [2.05, 4.69) is 34.4 Å². The van der Waals surface area contributed by atoms with Crippen molar-refractivity contribution in [2.24, 2.45) is 0 Å². The molecule has 0 spiro atoms. The summed E-state index contributed by atoms with van der Waals surface area (Å²) in [6.07, 6.45) is 10.4. The molecule has 3 rings (SSSR count). The Morgan fingerprint density at radius 3 is 2.34 bits per heavy atom. The van der Waals surface area contributed by atoms with Gasteiger partial charge in [0.05, 0.1) is 59.1 Å². The molecule has 47 heavy (non-hydrogen) atoms. The van der Waals surface area contributed by atoms with Crippen LogP contribution in [0, 0.1) is 0 Å². The van der Waals surface area contributed by atoms with E-state index in [0.717, 1.165) is 62.4 Å². The van der Waals surface area contributed by atoms with Crippen LogP contribution in [0.1, 0.15) is 75.1 Å². The van der Waals surface area contributed by atoms with Gasteiger partial charge in [0, 0.05) is 50.2 Å². The third-order valence-corrected chi connectivity index (χ3v) is 7.99. The van der Waals surface area contributed by atoms with Gasteiger partial charge < -0.3 is 33.9 Å². The molecule has 1 aliphatic heterocycles. The van der Waals surface area contributed by atoms with Crippen molar-refractivity contribution in [3.05, 3.63) is 47.4 Å². The Morgan fingerprint density at radius 2 is 1.64 bits per heavy atom. The fraction of sp³-hybridized carbons (Fsp3) is 0.667. The zero-order valence-corrected chi connectivity index (χ0v) is 28.8. The number of Topliss-reactive ketones (excluding diaryl/α,β-unsaturated/α-hetero) is 2. The minimum Gasteiger partial charge on any atom is -0.490 e. The largest absolute Gasteiger partial charge is 0.490 e. The van der Waals surface area contributed by atoms with E-state index in [0.29, 0.717) is 84.5 Å². The second kappa shape index (κ2) is 23.4. The van der Waals surface area contributed by atoms with Crippen LogP contribution in [0.25, 0.3) is 0 Å². The van der Waals surface area contributed by atoms with Gasteiger partial charge in [-0.05, 0) is 75.9 Å². The van der Waals surface area contributed by atoms with Crippen molar-refractivity contribution in [3.8, 4) is 5.75 Å². The van der Waals surface area contributed by atoms with E-state index < -0.39 is 0 Å². The van der Waals surface area contributed by atoms with Crippen LogP contribution >= 0.6 is 0 Å². The summed E-state index contributed by atoms with van der Waals surface area (Å²) in [5, 5.41) is 3.42. The van der Waals surface area contributed by atoms with Gasteiger partial charge in [0.2, 0.25) is 0 Å². The predicted octanol–water partition coefficient (Wildman–Crippen LogP) is 4.67. The Morgan fingerprint density at radius 1 is 0.936 bits per heavy atom. The number of nitrogens with one attached hydrogen (secondary N) is 1. The van der Waals surface area contributed by atoms with Crippen LogP contribution in [0.2, 0.25) is 0 Å². The smallest absolute Gasteiger partial charge is 0.137 e. The van der Waals surface area contributed by atoms with E-state index in [-0.39, 0.29) is 17.5 Å². The fourth-order valence-corrected chi connectivity index (χ4v) is 5.30. The summed E-state index contributed by atoms with van der Waals surface area (Å²) in [7, 11) is 2.13. The van der Waals surface area contributed by atoms with Gasteiger partial charge in [-0.3, -0.25) is 14.6 Å². The summed E-state index contributed by atoms with van der Waals surface area (Å²) >= 11 is 0. The summed E-state index contributed by atoms with van der Waals surface area (Å²) in [5.74, 6) is 2.16. The van der Waals surface area contributed by atoms with Gasteiger partial charge in [-0.15, -0.1) is 0 Å². The summed E-state index contributed by atoms with van der Waals surface area (Å²) in [5.41, 5.74) is 3.49. The number of aryl methyl sites for hydroxylation is 2. The molecule has 2 aromatic heterocycles. The molecule has 1 atom stereocenters. The molecule has 0 saturated heterocycles. The van der Waals surface area contributed by atoms with Crippen LogP contribution < -0.4 is 10.1 Å². The lowest BCUT2D eigenvalue weighted by atomic mass is 9.93. The number of hydrogen-bond acceptors (Lipinski definition) is 11. The molecule has 0 saturated carbocycles. The van der Waals surface area contributed by atoms with Crippen LogP contribution in [0.4, 0.5) is 5.82 Å². The van der Waals surface area contributed by atoms with E-state index in [9.17, 15) is 9.59 Å². The minimum atomic E-state index is 0.0496. The monoisotopic (exact) mass is 656 g/mol. The standard InChI is InChI=1S/C36H56N4O7/c1-4-34(42)24-32(28-40(3)14-6-5-9-33-11-10-30-8-7-13-38-36(30)39-33)31-25-35(27-37-26-31)47-23-22-46-21-20-45-19-18-44-17-16-43-15-12-29(2)41/h10-11,25-27,32H,4-9,12-24,28H2,1-3H3,(H,38,39). The van der Waals surface area contributed by atoms with Crippen molar-refractivity contribution < 1.29 is 33.3 Å². The van der Waals surface area contributed by atoms with Crippen LogP contribution in [-0.2, 0) is 41.4 Å². The van der Waals surface area contributed by atoms with Crippen molar-refractivity contribution >= 4 is 17.4 Å². The summed E-state index contributed by atoms with van der Waals surface area (Å²) in [6, 6.07) is 6.40. The van der Waals surface area contributed by atoms with Crippen LogP contribution in [0.3, 0.4) is 0 Å². The molecule has 0 bridgehead atoms. The third-order valence-electron chi connectivity index (χ3n) is 7.99. The normalized spacial score (nSPS) is 13.3. The lowest BCUT2D eigenvalue weighted by Gasteiger charge is -2.24. The molecule has 0 amide bonds. The number of likely N-dealkylation sites (N-methyl/N-ethyl adjacent to an activating group) is 1. The number of aromatic nitrogens is 2. The molecule has 0 fully saturated rings. The van der Waals surface area contributed by atoms with Crippen LogP contribution in [0.5, 0.6) is 5.75 Å². The predicted molar refractivity (Wildman–Crippen MR) is 182 cm³/mol. The van der Waals surface area contributed by atoms with Crippen LogP contribution in [0.15, 0.2) is 30.6 Å². The number of nitrogens with zero attached hydrogens (tertiary/aromatic N) is 3. The lowest BCUT2D eigenvalue weighted by Crippen LogP contribution is -2.27. The zero-order valence-electron chi connectivity index (χ0n) is 28.8. The van der Waals surface area contributed by atoms with Crippen molar-refractivity contribution in [1.29, 1.82) is 0 Å². The fourth-order valence-electron chi connectivity index (χ4n) is 5.30. The first-order chi connectivity index (χ1) is 22.9. The highest BCUT2D eigenvalue weighted by Gasteiger charge is 2.19. The molecule has 1 unspecified atom stereocenters. The van der Waals surface area contributed by atoms with Gasteiger partial charge in [-0.25, -0.2) is 4.98 Å². The summed E-state index contributed by atoms with van der Waals surface area (Å²) in [6.45, 7) is 10.3. The van der Waals surface area contributed by atoms with E-state index >= 15 is 0 Å². The minimum absolute atomic E-state index is 0.0496. The van der Waals surface area contributed by atoms with E-state index in [1.165, 1.54) is 12.0 Å². The number of hydrogen-bond donors (Lipinski definition) is 1. The summed E-state index contributed by atoms with van der Waals surface area (Å²) in [4.78, 5) is 34.9. The Hall–Kier alpha value is -2.96. The molecule has 262 valence electrons. The number of fused-ring (bicyclic) bond motifs is 1. The topological polar surface area (TPSA) is 121 Å². The third kappa shape index (κ3) is 16.6. The molecule has 2 aromatic rings. The van der Waals surface area contributed by atoms with Crippen molar-refractivity contribution in [1.82, 2.24) is 14.9 Å². The molecule has 0 aromatic carbocycles. The van der Waals surface area contributed by atoms with Gasteiger partial charge >= 0.3 is 0 Å². The molecule has 1 aliphatic rings. The SMILES string of the molecule is CCC(=O)CC(CN(C)CCCCc1ccc2c(n1)NCCC2)c1cncc(OCCOCCOCCOCCOCCC(C)=O)c1. The quantitative estimate of drug-likeness (QED) is 0.135. The summed E-state index contributed by atoms with van der Waals surface area (Å²) < 4.78 is 27.8. The molecule has 0 aliphatic carbocycles. The molecule has 3 heterocycles. The van der Waals surface area contributed by atoms with Gasteiger partial charge in [-0.1, -0.05) is 13.0 Å². The highest BCUT2D eigenvalue weighted by Crippen LogP contribution is 2.25. The molecule has 11 nitrogen and oxygen atoms in total. The Bertz CT molecular complexity index is 1180. The van der Waals surface area contributed by atoms with Gasteiger partial charge in [0.15, 0.2) is 0 Å². The van der Waals surface area contributed by atoms with Crippen molar-refractivity contribution in [2.45, 2.75) is 71.1 Å². The van der Waals surface area contributed by atoms with Gasteiger partial charge in [0.25, 0.3) is 0 Å². The maximum Gasteiger partial charge on any atom is 0.137 e. The lowest BCUT2D eigenvalue weighted by molar-refractivity contribution is -0.119. The van der Waals surface area contributed by atoms with E-state index in [4.69, 9.17) is 28.7 Å². The average Bonchev–Trinajstić information content (AvgIpc) is 3.08. The maximum atomic E-state index is 12.5. The maximum absolute atomic E-state index is 12.5. The molecular formula is C36H56N4O7. The molecular weight excluding hydrogens is 600 g/mol. The molecule has 0 radical (unpaired) electrons. The van der Waals surface area contributed by atoms with Crippen molar-refractivity contribution in [3.63, 3.8) is 0 Å². The first-order valence-electron chi connectivity index (χ1n) is 17.3. The number of carbonyl (C=O) groups excluding carboxylic acids is 2. The zero-order chi connectivity index (χ0) is 33.5.